The van der Waals surface area contributed by atoms with Gasteiger partial charge in [0.2, 0.25) is 16.0 Å². The Hall–Kier alpha value is -2.59. The molecule has 11 heteroatoms. The summed E-state index contributed by atoms with van der Waals surface area (Å²) in [5.41, 5.74) is 4.69. The van der Waals surface area contributed by atoms with Crippen molar-refractivity contribution in [1.29, 1.82) is 0 Å². The first-order chi connectivity index (χ1) is 14.0. The van der Waals surface area contributed by atoms with Crippen LogP contribution < -0.4 is 5.73 Å². The van der Waals surface area contributed by atoms with E-state index in [0.29, 0.717) is 18.4 Å². The van der Waals surface area contributed by atoms with Crippen molar-refractivity contribution in [3.8, 4) is 0 Å². The van der Waals surface area contributed by atoms with Gasteiger partial charge in [-0.15, -0.1) is 0 Å². The van der Waals surface area contributed by atoms with Gasteiger partial charge in [-0.2, -0.15) is 0 Å². The van der Waals surface area contributed by atoms with Crippen LogP contribution in [0.5, 0.6) is 0 Å². The lowest BCUT2D eigenvalue weighted by Gasteiger charge is -2.42. The minimum absolute atomic E-state index is 0.0309. The molecular formula is C19H18ClF2N5O2S. The summed E-state index contributed by atoms with van der Waals surface area (Å²) in [4.78, 5) is 12.0. The summed E-state index contributed by atoms with van der Waals surface area (Å²) < 4.78 is 55.2. The molecule has 0 unspecified atom stereocenters. The summed E-state index contributed by atoms with van der Waals surface area (Å²) >= 11 is 5.66. The van der Waals surface area contributed by atoms with E-state index in [1.165, 1.54) is 31.6 Å². The third kappa shape index (κ3) is 2.89. The van der Waals surface area contributed by atoms with Crippen LogP contribution in [0.15, 0.2) is 35.6 Å². The summed E-state index contributed by atoms with van der Waals surface area (Å²) in [5.74, 6) is -1.58. The molecule has 0 amide bonds. The van der Waals surface area contributed by atoms with Gasteiger partial charge in [0.1, 0.15) is 27.0 Å². The molecule has 0 saturated heterocycles. The molecule has 1 spiro atoms. The lowest BCUT2D eigenvalue weighted by molar-refractivity contribution is 0.381. The second-order valence-electron chi connectivity index (χ2n) is 7.46. The van der Waals surface area contributed by atoms with Gasteiger partial charge < -0.3 is 5.73 Å². The van der Waals surface area contributed by atoms with Crippen molar-refractivity contribution in [1.82, 2.24) is 14.3 Å². The zero-order valence-electron chi connectivity index (χ0n) is 16.1. The molecule has 30 heavy (non-hydrogen) atoms. The van der Waals surface area contributed by atoms with Crippen LogP contribution in [0.2, 0.25) is 5.15 Å². The Balaban J connectivity index is 1.83. The lowest BCUT2D eigenvalue weighted by atomic mass is 9.85. The Labute approximate surface area is 177 Å². The molecule has 7 nitrogen and oxygen atoms in total. The molecule has 1 aromatic heterocycles. The standard InChI is InChI=1S/C19H18ClF2N5O2S/c1-18(19(5-6-19)30(28,29)27(2)17(23)26-18)12-7-11(3-4-13(12)21)8-14(22)15-9-25-16(20)10-24-15/h3-4,7-10H,5-6H2,1-2H3,(H2,23,26)/b14-8-/t18-/m1/s1. The van der Waals surface area contributed by atoms with E-state index < -0.39 is 32.0 Å². The highest BCUT2D eigenvalue weighted by Crippen LogP contribution is 2.60. The number of hydrogen-bond acceptors (Lipinski definition) is 6. The molecular weight excluding hydrogens is 436 g/mol. The molecule has 1 atom stereocenters. The maximum Gasteiger partial charge on any atom is 0.245 e. The van der Waals surface area contributed by atoms with Gasteiger partial charge in [-0.25, -0.2) is 36.5 Å². The number of aromatic nitrogens is 2. The number of rotatable bonds is 3. The molecule has 158 valence electrons. The molecule has 4 rings (SSSR count). The Morgan fingerprint density at radius 3 is 2.60 bits per heavy atom. The molecule has 2 N–H and O–H groups in total. The first kappa shape index (κ1) is 20.7. The number of nitrogens with zero attached hydrogens (tertiary/aromatic N) is 4. The highest BCUT2D eigenvalue weighted by molar-refractivity contribution is 7.91. The summed E-state index contributed by atoms with van der Waals surface area (Å²) in [5, 5.41) is 0.122. The number of nitrogens with two attached hydrogens (primary N) is 1. The maximum atomic E-state index is 14.9. The van der Waals surface area contributed by atoms with Crippen LogP contribution in [0.25, 0.3) is 11.9 Å². The van der Waals surface area contributed by atoms with E-state index in [1.54, 1.807) is 6.92 Å². The van der Waals surface area contributed by atoms with E-state index in [1.807, 2.05) is 0 Å². The molecule has 0 bridgehead atoms. The summed E-state index contributed by atoms with van der Waals surface area (Å²) in [6.07, 6.45) is 4.18. The van der Waals surface area contributed by atoms with Crippen LogP contribution in [0.3, 0.4) is 0 Å². The van der Waals surface area contributed by atoms with Crippen LogP contribution in [0, 0.1) is 5.82 Å². The number of sulfonamides is 1. The van der Waals surface area contributed by atoms with Gasteiger partial charge in [-0.05, 0) is 43.5 Å². The van der Waals surface area contributed by atoms with Gasteiger partial charge in [-0.1, -0.05) is 17.7 Å². The van der Waals surface area contributed by atoms with E-state index in [-0.39, 0.29) is 22.4 Å². The van der Waals surface area contributed by atoms with Crippen molar-refractivity contribution in [2.24, 2.45) is 10.7 Å². The summed E-state index contributed by atoms with van der Waals surface area (Å²) in [7, 11) is -2.52. The first-order valence-electron chi connectivity index (χ1n) is 9.01. The number of halogens is 3. The Morgan fingerprint density at radius 2 is 2.00 bits per heavy atom. The van der Waals surface area contributed by atoms with Crippen molar-refractivity contribution in [3.63, 3.8) is 0 Å². The smallest absolute Gasteiger partial charge is 0.245 e. The monoisotopic (exact) mass is 453 g/mol. The van der Waals surface area contributed by atoms with E-state index in [2.05, 4.69) is 15.0 Å². The molecule has 1 aliphatic carbocycles. The van der Waals surface area contributed by atoms with Crippen molar-refractivity contribution in [2.75, 3.05) is 7.05 Å². The summed E-state index contributed by atoms with van der Waals surface area (Å²) in [6, 6.07) is 3.91. The number of aliphatic imine (C=N–C) groups is 1. The Kier molecular flexibility index (Phi) is 4.62. The molecule has 0 radical (unpaired) electrons. The quantitative estimate of drug-likeness (QED) is 0.769. The van der Waals surface area contributed by atoms with Crippen LogP contribution in [-0.2, 0) is 15.6 Å². The average Bonchev–Trinajstić information content (AvgIpc) is 3.51. The van der Waals surface area contributed by atoms with Gasteiger partial charge in [0.15, 0.2) is 5.83 Å². The number of guanidine groups is 1. The van der Waals surface area contributed by atoms with Crippen LogP contribution in [0.1, 0.15) is 36.6 Å². The van der Waals surface area contributed by atoms with Crippen LogP contribution >= 0.6 is 11.6 Å². The van der Waals surface area contributed by atoms with E-state index in [9.17, 15) is 17.2 Å². The van der Waals surface area contributed by atoms with Gasteiger partial charge in [0.05, 0.1) is 12.4 Å². The zero-order chi connectivity index (χ0) is 21.9. The average molecular weight is 454 g/mol. The second kappa shape index (κ2) is 6.71. The number of hydrogen-bond donors (Lipinski definition) is 1. The van der Waals surface area contributed by atoms with Crippen LogP contribution in [0.4, 0.5) is 8.78 Å². The topological polar surface area (TPSA) is 102 Å². The van der Waals surface area contributed by atoms with Gasteiger partial charge in [-0.3, -0.25) is 0 Å². The Bertz CT molecular complexity index is 1200. The molecule has 2 aromatic rings. The highest BCUT2D eigenvalue weighted by Gasteiger charge is 2.70. The predicted molar refractivity (Wildman–Crippen MR) is 110 cm³/mol. The number of benzene rings is 1. The third-order valence-corrected chi connectivity index (χ3v) is 8.68. The second-order valence-corrected chi connectivity index (χ2v) is 10.1. The van der Waals surface area contributed by atoms with Crippen molar-refractivity contribution in [3.05, 3.63) is 58.4 Å². The largest absolute Gasteiger partial charge is 0.369 e. The van der Waals surface area contributed by atoms with E-state index in [0.717, 1.165) is 16.4 Å². The molecule has 1 aliphatic heterocycles. The lowest BCUT2D eigenvalue weighted by Crippen LogP contribution is -2.58. The maximum absolute atomic E-state index is 14.9. The fraction of sp³-hybridized carbons (Fsp3) is 0.316. The minimum atomic E-state index is -3.84. The molecule has 1 saturated carbocycles. The minimum Gasteiger partial charge on any atom is -0.369 e. The molecule has 2 aliphatic rings. The van der Waals surface area contributed by atoms with Gasteiger partial charge >= 0.3 is 0 Å². The van der Waals surface area contributed by atoms with Crippen LogP contribution in [-0.4, -0.2) is 40.4 Å². The normalized spacial score (nSPS) is 24.6. The SMILES string of the molecule is CN1C(N)=N[C@](C)(c2cc(/C=C(\F)c3cnc(Cl)cn3)ccc2F)C2(CC2)S1(=O)=O. The van der Waals surface area contributed by atoms with E-state index in [4.69, 9.17) is 17.3 Å². The van der Waals surface area contributed by atoms with Crippen molar-refractivity contribution in [2.45, 2.75) is 30.1 Å². The van der Waals surface area contributed by atoms with Gasteiger partial charge in [0, 0.05) is 12.6 Å². The third-order valence-electron chi connectivity index (χ3n) is 5.78. The molecule has 1 fully saturated rings. The van der Waals surface area contributed by atoms with Crippen molar-refractivity contribution < 1.29 is 17.2 Å². The fourth-order valence-electron chi connectivity index (χ4n) is 3.86. The van der Waals surface area contributed by atoms with Crippen molar-refractivity contribution >= 4 is 39.5 Å². The van der Waals surface area contributed by atoms with E-state index >= 15 is 0 Å². The highest BCUT2D eigenvalue weighted by atomic mass is 35.5. The molecule has 1 aromatic carbocycles. The Morgan fingerprint density at radius 1 is 1.30 bits per heavy atom. The first-order valence-corrected chi connectivity index (χ1v) is 10.8. The zero-order valence-corrected chi connectivity index (χ0v) is 17.7. The summed E-state index contributed by atoms with van der Waals surface area (Å²) in [6.45, 7) is 1.55. The fourth-order valence-corrected chi connectivity index (χ4v) is 6.05. The predicted octanol–water partition coefficient (Wildman–Crippen LogP) is 3.07. The van der Waals surface area contributed by atoms with Gasteiger partial charge in [0.25, 0.3) is 0 Å². The molecule has 2 heterocycles.